The topological polar surface area (TPSA) is 95.2 Å². The molecule has 0 bridgehead atoms. The minimum Gasteiger partial charge on any atom is -0.343 e. The monoisotopic (exact) mass is 300 g/mol. The van der Waals surface area contributed by atoms with Gasteiger partial charge in [0.05, 0.1) is 11.4 Å². The van der Waals surface area contributed by atoms with Gasteiger partial charge in [0.25, 0.3) is 0 Å². The molecule has 1 saturated heterocycles. The highest BCUT2D eigenvalue weighted by molar-refractivity contribution is 7.89. The molecule has 112 valence electrons. The highest BCUT2D eigenvalue weighted by Crippen LogP contribution is 2.19. The first-order valence-electron chi connectivity index (χ1n) is 6.60. The molecule has 2 heterocycles. The second kappa shape index (κ2) is 5.53. The lowest BCUT2D eigenvalue weighted by Crippen LogP contribution is -2.46. The van der Waals surface area contributed by atoms with Crippen LogP contribution in [0.5, 0.6) is 0 Å². The van der Waals surface area contributed by atoms with E-state index in [4.69, 9.17) is 0 Å². The number of aromatic nitrogens is 2. The lowest BCUT2D eigenvalue weighted by atomic mass is 10.1. The Labute approximate surface area is 118 Å². The van der Waals surface area contributed by atoms with Crippen LogP contribution in [0.2, 0.25) is 0 Å². The van der Waals surface area contributed by atoms with Gasteiger partial charge in [-0.05, 0) is 26.7 Å². The molecular formula is C12H20N4O3S. The number of rotatable bonds is 3. The van der Waals surface area contributed by atoms with Crippen molar-refractivity contribution >= 4 is 15.9 Å². The first kappa shape index (κ1) is 15.0. The van der Waals surface area contributed by atoms with Gasteiger partial charge in [0, 0.05) is 26.1 Å². The van der Waals surface area contributed by atoms with Crippen LogP contribution in [0.15, 0.2) is 4.90 Å². The number of amides is 1. The standard InChI is InChI=1S/C12H20N4O3S/c1-8-12(9(2)14-13-8)20(18,19)15-11-4-6-16(7-5-11)10(3)17/h11,15H,4-7H2,1-3H3,(H,13,14). The molecule has 1 aromatic rings. The predicted molar refractivity (Wildman–Crippen MR) is 73.7 cm³/mol. The molecule has 1 aromatic heterocycles. The summed E-state index contributed by atoms with van der Waals surface area (Å²) in [5.74, 6) is 0.0350. The van der Waals surface area contributed by atoms with E-state index in [9.17, 15) is 13.2 Å². The Kier molecular flexibility index (Phi) is 4.14. The maximum Gasteiger partial charge on any atom is 0.244 e. The fraction of sp³-hybridized carbons (Fsp3) is 0.667. The number of carbonyl (C=O) groups excluding carboxylic acids is 1. The van der Waals surface area contributed by atoms with Crippen molar-refractivity contribution in [3.05, 3.63) is 11.4 Å². The van der Waals surface area contributed by atoms with Gasteiger partial charge < -0.3 is 4.90 Å². The molecule has 1 aliphatic rings. The van der Waals surface area contributed by atoms with Gasteiger partial charge in [-0.15, -0.1) is 0 Å². The van der Waals surface area contributed by atoms with Gasteiger partial charge in [-0.3, -0.25) is 9.89 Å². The summed E-state index contributed by atoms with van der Waals surface area (Å²) in [6.07, 6.45) is 1.27. The van der Waals surface area contributed by atoms with E-state index in [1.54, 1.807) is 18.7 Å². The van der Waals surface area contributed by atoms with Crippen LogP contribution in [0.1, 0.15) is 31.2 Å². The second-order valence-electron chi connectivity index (χ2n) is 5.16. The van der Waals surface area contributed by atoms with Gasteiger partial charge in [-0.25, -0.2) is 13.1 Å². The van der Waals surface area contributed by atoms with Crippen LogP contribution in [0.3, 0.4) is 0 Å². The maximum absolute atomic E-state index is 12.4. The third kappa shape index (κ3) is 3.01. The maximum atomic E-state index is 12.4. The number of hydrogen-bond acceptors (Lipinski definition) is 4. The number of sulfonamides is 1. The first-order valence-corrected chi connectivity index (χ1v) is 8.09. The average molecular weight is 300 g/mol. The van der Waals surface area contributed by atoms with Crippen LogP contribution in [0, 0.1) is 13.8 Å². The highest BCUT2D eigenvalue weighted by atomic mass is 32.2. The van der Waals surface area contributed by atoms with Crippen molar-refractivity contribution < 1.29 is 13.2 Å². The third-order valence-electron chi connectivity index (χ3n) is 3.59. The van der Waals surface area contributed by atoms with Crippen molar-refractivity contribution in [1.82, 2.24) is 19.8 Å². The Balaban J connectivity index is 2.06. The average Bonchev–Trinajstić information content (AvgIpc) is 2.69. The molecule has 0 aromatic carbocycles. The van der Waals surface area contributed by atoms with Crippen LogP contribution in [0.4, 0.5) is 0 Å². The molecule has 0 unspecified atom stereocenters. The zero-order valence-electron chi connectivity index (χ0n) is 11.9. The number of nitrogens with zero attached hydrogens (tertiary/aromatic N) is 2. The molecule has 1 fully saturated rings. The summed E-state index contributed by atoms with van der Waals surface area (Å²) in [4.78, 5) is 13.2. The van der Waals surface area contributed by atoms with Crippen LogP contribution < -0.4 is 4.72 Å². The molecular weight excluding hydrogens is 280 g/mol. The predicted octanol–water partition coefficient (Wildman–Crippen LogP) is 0.316. The van der Waals surface area contributed by atoms with Crippen LogP contribution in [0.25, 0.3) is 0 Å². The largest absolute Gasteiger partial charge is 0.343 e. The Morgan fingerprint density at radius 2 is 1.95 bits per heavy atom. The van der Waals surface area contributed by atoms with Gasteiger partial charge in [0.1, 0.15) is 4.90 Å². The van der Waals surface area contributed by atoms with Crippen molar-refractivity contribution in [3.63, 3.8) is 0 Å². The normalized spacial score (nSPS) is 17.4. The summed E-state index contributed by atoms with van der Waals surface area (Å²) in [5.41, 5.74) is 1.01. The van der Waals surface area contributed by atoms with E-state index < -0.39 is 10.0 Å². The van der Waals surface area contributed by atoms with Crippen molar-refractivity contribution in [2.24, 2.45) is 0 Å². The van der Waals surface area contributed by atoms with Crippen LogP contribution in [-0.4, -0.2) is 48.6 Å². The van der Waals surface area contributed by atoms with Gasteiger partial charge in [-0.1, -0.05) is 0 Å². The molecule has 0 aliphatic carbocycles. The number of nitrogens with one attached hydrogen (secondary N) is 2. The highest BCUT2D eigenvalue weighted by Gasteiger charge is 2.28. The number of hydrogen-bond donors (Lipinski definition) is 2. The van der Waals surface area contributed by atoms with Crippen molar-refractivity contribution in [2.75, 3.05) is 13.1 Å². The molecule has 0 radical (unpaired) electrons. The van der Waals surface area contributed by atoms with E-state index in [1.807, 2.05) is 0 Å². The molecule has 20 heavy (non-hydrogen) atoms. The SMILES string of the molecule is CC(=O)N1CCC(NS(=O)(=O)c2c(C)n[nH]c2C)CC1. The molecule has 0 spiro atoms. The summed E-state index contributed by atoms with van der Waals surface area (Å²) < 4.78 is 27.4. The number of likely N-dealkylation sites (tertiary alicyclic amines) is 1. The van der Waals surface area contributed by atoms with Gasteiger partial charge >= 0.3 is 0 Å². The summed E-state index contributed by atoms with van der Waals surface area (Å²) in [7, 11) is -3.56. The Bertz CT molecular complexity index is 581. The van der Waals surface area contributed by atoms with E-state index >= 15 is 0 Å². The zero-order valence-corrected chi connectivity index (χ0v) is 12.7. The van der Waals surface area contributed by atoms with Gasteiger partial charge in [0.15, 0.2) is 0 Å². The zero-order chi connectivity index (χ0) is 14.9. The Hall–Kier alpha value is -1.41. The molecule has 2 N–H and O–H groups in total. The molecule has 0 saturated carbocycles. The summed E-state index contributed by atoms with van der Waals surface area (Å²) >= 11 is 0. The van der Waals surface area contributed by atoms with E-state index in [0.29, 0.717) is 37.3 Å². The number of aromatic amines is 1. The third-order valence-corrected chi connectivity index (χ3v) is 5.37. The molecule has 1 amide bonds. The fourth-order valence-electron chi connectivity index (χ4n) is 2.53. The van der Waals surface area contributed by atoms with Crippen molar-refractivity contribution in [1.29, 1.82) is 0 Å². The minimum absolute atomic E-state index is 0.0350. The molecule has 0 atom stereocenters. The molecule has 8 heteroatoms. The van der Waals surface area contributed by atoms with E-state index in [-0.39, 0.29) is 16.8 Å². The number of carbonyl (C=O) groups is 1. The Morgan fingerprint density at radius 3 is 2.40 bits per heavy atom. The smallest absolute Gasteiger partial charge is 0.244 e. The molecule has 7 nitrogen and oxygen atoms in total. The van der Waals surface area contributed by atoms with Crippen molar-refractivity contribution in [3.8, 4) is 0 Å². The summed E-state index contributed by atoms with van der Waals surface area (Å²) in [6.45, 7) is 6.06. The number of aryl methyl sites for hydroxylation is 2. The fourth-order valence-corrected chi connectivity index (χ4v) is 4.20. The van der Waals surface area contributed by atoms with E-state index in [0.717, 1.165) is 0 Å². The first-order chi connectivity index (χ1) is 9.31. The molecule has 2 rings (SSSR count). The van der Waals surface area contributed by atoms with Crippen molar-refractivity contribution in [2.45, 2.75) is 44.6 Å². The quantitative estimate of drug-likeness (QED) is 0.840. The lowest BCUT2D eigenvalue weighted by molar-refractivity contribution is -0.129. The number of H-pyrrole nitrogens is 1. The van der Waals surface area contributed by atoms with E-state index in [2.05, 4.69) is 14.9 Å². The van der Waals surface area contributed by atoms with Crippen LogP contribution in [-0.2, 0) is 14.8 Å². The summed E-state index contributed by atoms with van der Waals surface area (Å²) in [5, 5.41) is 6.59. The second-order valence-corrected chi connectivity index (χ2v) is 6.82. The molecule has 1 aliphatic heterocycles. The van der Waals surface area contributed by atoms with Gasteiger partial charge in [0.2, 0.25) is 15.9 Å². The van der Waals surface area contributed by atoms with Gasteiger partial charge in [-0.2, -0.15) is 5.10 Å². The minimum atomic E-state index is -3.56. The van der Waals surface area contributed by atoms with Crippen LogP contribution >= 0.6 is 0 Å². The van der Waals surface area contributed by atoms with E-state index in [1.165, 1.54) is 6.92 Å². The lowest BCUT2D eigenvalue weighted by Gasteiger charge is -2.31. The summed E-state index contributed by atoms with van der Waals surface area (Å²) in [6, 6.07) is -0.135. The Morgan fingerprint density at radius 1 is 1.35 bits per heavy atom. The number of piperidine rings is 1.